The molecular formula is C16H15N3O2. The summed E-state index contributed by atoms with van der Waals surface area (Å²) in [6, 6.07) is 11.4. The first-order valence-corrected chi connectivity index (χ1v) is 6.78. The van der Waals surface area contributed by atoms with Crippen LogP contribution in [-0.2, 0) is 11.3 Å². The highest BCUT2D eigenvalue weighted by molar-refractivity contribution is 6.01. The molecule has 0 bridgehead atoms. The van der Waals surface area contributed by atoms with E-state index in [-0.39, 0.29) is 5.97 Å². The van der Waals surface area contributed by atoms with Crippen molar-refractivity contribution < 1.29 is 9.53 Å². The van der Waals surface area contributed by atoms with Gasteiger partial charge >= 0.3 is 5.97 Å². The minimum absolute atomic E-state index is 0.294. The Bertz CT molecular complexity index is 668. The van der Waals surface area contributed by atoms with E-state index in [1.807, 2.05) is 18.2 Å². The second-order valence-electron chi connectivity index (χ2n) is 4.62. The zero-order valence-electron chi connectivity index (χ0n) is 11.5. The number of amidine groups is 1. The summed E-state index contributed by atoms with van der Waals surface area (Å²) in [7, 11) is 0. The van der Waals surface area contributed by atoms with Gasteiger partial charge in [-0.25, -0.2) is 4.79 Å². The number of fused-ring (bicyclic) bond motifs is 1. The molecule has 3 rings (SSSR count). The van der Waals surface area contributed by atoms with E-state index in [1.54, 1.807) is 24.5 Å². The molecule has 0 spiro atoms. The summed E-state index contributed by atoms with van der Waals surface area (Å²) in [6.07, 6.45) is 3.14. The van der Waals surface area contributed by atoms with Crippen LogP contribution in [0.2, 0.25) is 0 Å². The van der Waals surface area contributed by atoms with Gasteiger partial charge in [-0.2, -0.15) is 0 Å². The van der Waals surface area contributed by atoms with Gasteiger partial charge in [-0.15, -0.1) is 0 Å². The molecule has 0 aliphatic carbocycles. The number of ether oxygens (including phenoxy) is 1. The van der Waals surface area contributed by atoms with E-state index in [9.17, 15) is 4.79 Å². The number of hydrogen-bond acceptors (Lipinski definition) is 5. The molecule has 0 amide bonds. The Morgan fingerprint density at radius 2 is 2.00 bits per heavy atom. The number of esters is 1. The van der Waals surface area contributed by atoms with E-state index in [4.69, 9.17) is 4.74 Å². The van der Waals surface area contributed by atoms with Crippen LogP contribution >= 0.6 is 0 Å². The molecule has 0 atom stereocenters. The molecule has 0 unspecified atom stereocenters. The third-order valence-electron chi connectivity index (χ3n) is 3.22. The Morgan fingerprint density at radius 1 is 1.19 bits per heavy atom. The Kier molecular flexibility index (Phi) is 3.91. The van der Waals surface area contributed by atoms with Gasteiger partial charge in [-0.3, -0.25) is 9.98 Å². The lowest BCUT2D eigenvalue weighted by Crippen LogP contribution is -2.27. The van der Waals surface area contributed by atoms with Crippen LogP contribution in [0.4, 0.5) is 0 Å². The maximum absolute atomic E-state index is 11.7. The fraction of sp³-hybridized carbons (Fsp3) is 0.188. The van der Waals surface area contributed by atoms with Crippen molar-refractivity contribution in [2.45, 2.75) is 6.54 Å². The fourth-order valence-electron chi connectivity index (χ4n) is 2.17. The van der Waals surface area contributed by atoms with Crippen molar-refractivity contribution in [3.05, 3.63) is 65.5 Å². The van der Waals surface area contributed by atoms with Gasteiger partial charge in [0.05, 0.1) is 18.7 Å². The molecule has 2 heterocycles. The summed E-state index contributed by atoms with van der Waals surface area (Å²) in [5.74, 6) is 0.526. The second-order valence-corrected chi connectivity index (χ2v) is 4.62. The van der Waals surface area contributed by atoms with E-state index < -0.39 is 0 Å². The number of carbonyl (C=O) groups excluding carboxylic acids is 1. The number of rotatable bonds is 4. The molecule has 5 nitrogen and oxygen atoms in total. The molecule has 0 saturated carbocycles. The summed E-state index contributed by atoms with van der Waals surface area (Å²) in [5, 5.41) is 3.21. The number of pyridine rings is 1. The van der Waals surface area contributed by atoms with Crippen LogP contribution in [0.15, 0.2) is 53.8 Å². The zero-order valence-corrected chi connectivity index (χ0v) is 11.5. The Balaban J connectivity index is 1.47. The lowest BCUT2D eigenvalue weighted by Gasteiger charge is -2.08. The van der Waals surface area contributed by atoms with E-state index in [2.05, 4.69) is 21.4 Å². The van der Waals surface area contributed by atoms with Crippen molar-refractivity contribution in [2.24, 2.45) is 4.99 Å². The van der Waals surface area contributed by atoms with E-state index in [1.165, 1.54) is 5.56 Å². The van der Waals surface area contributed by atoms with Crippen LogP contribution in [0, 0.1) is 0 Å². The van der Waals surface area contributed by atoms with Crippen LogP contribution in [-0.4, -0.2) is 29.9 Å². The maximum Gasteiger partial charge on any atom is 0.338 e. The second kappa shape index (κ2) is 6.17. The van der Waals surface area contributed by atoms with Crippen molar-refractivity contribution in [3.8, 4) is 0 Å². The minimum Gasteiger partial charge on any atom is -0.460 e. The number of aromatic nitrogens is 1. The Labute approximate surface area is 122 Å². The molecule has 21 heavy (non-hydrogen) atoms. The summed E-state index contributed by atoms with van der Waals surface area (Å²) in [6.45, 7) is 1.53. The Hall–Kier alpha value is -2.69. The lowest BCUT2D eigenvalue weighted by atomic mass is 10.1. The first kappa shape index (κ1) is 13.3. The van der Waals surface area contributed by atoms with Gasteiger partial charge in [-0.05, 0) is 17.7 Å². The molecule has 106 valence electrons. The SMILES string of the molecule is O=C(OCCNC1=NCc2ccccc21)c1ccncc1. The van der Waals surface area contributed by atoms with Crippen LogP contribution in [0.5, 0.6) is 0 Å². The predicted octanol–water partition coefficient (Wildman–Crippen LogP) is 1.79. The molecule has 5 heteroatoms. The van der Waals surface area contributed by atoms with Gasteiger partial charge in [0.2, 0.25) is 0 Å². The predicted molar refractivity (Wildman–Crippen MR) is 79.2 cm³/mol. The first-order chi connectivity index (χ1) is 10.3. The topological polar surface area (TPSA) is 63.6 Å². The van der Waals surface area contributed by atoms with Gasteiger partial charge in [-0.1, -0.05) is 24.3 Å². The molecule has 0 saturated heterocycles. The summed E-state index contributed by atoms with van der Waals surface area (Å²) < 4.78 is 5.19. The van der Waals surface area contributed by atoms with Crippen molar-refractivity contribution in [1.82, 2.24) is 10.3 Å². The first-order valence-electron chi connectivity index (χ1n) is 6.78. The van der Waals surface area contributed by atoms with Crippen LogP contribution in [0.3, 0.4) is 0 Å². The van der Waals surface area contributed by atoms with Gasteiger partial charge in [0, 0.05) is 18.0 Å². The third kappa shape index (κ3) is 3.08. The van der Waals surface area contributed by atoms with Crippen molar-refractivity contribution >= 4 is 11.8 Å². The summed E-state index contributed by atoms with van der Waals surface area (Å²) >= 11 is 0. The fourth-order valence-corrected chi connectivity index (χ4v) is 2.17. The van der Waals surface area contributed by atoms with Gasteiger partial charge in [0.1, 0.15) is 12.4 Å². The van der Waals surface area contributed by atoms with Gasteiger partial charge in [0.25, 0.3) is 0 Å². The number of nitrogens with one attached hydrogen (secondary N) is 1. The van der Waals surface area contributed by atoms with E-state index in [0.29, 0.717) is 25.3 Å². The van der Waals surface area contributed by atoms with Crippen molar-refractivity contribution in [1.29, 1.82) is 0 Å². The highest BCUT2D eigenvalue weighted by Crippen LogP contribution is 2.16. The number of benzene rings is 1. The molecule has 1 aliphatic heterocycles. The molecule has 0 radical (unpaired) electrons. The minimum atomic E-state index is -0.340. The van der Waals surface area contributed by atoms with Crippen molar-refractivity contribution in [2.75, 3.05) is 13.2 Å². The molecular weight excluding hydrogens is 266 g/mol. The molecule has 1 N–H and O–H groups in total. The van der Waals surface area contributed by atoms with E-state index in [0.717, 1.165) is 11.4 Å². The quantitative estimate of drug-likeness (QED) is 0.685. The largest absolute Gasteiger partial charge is 0.460 e. The molecule has 1 aromatic heterocycles. The molecule has 1 aromatic carbocycles. The number of aliphatic imine (C=N–C) groups is 1. The Morgan fingerprint density at radius 3 is 2.86 bits per heavy atom. The smallest absolute Gasteiger partial charge is 0.338 e. The number of carbonyl (C=O) groups is 1. The number of hydrogen-bond donors (Lipinski definition) is 1. The molecule has 1 aliphatic rings. The maximum atomic E-state index is 11.7. The summed E-state index contributed by atoms with van der Waals surface area (Å²) in [5.41, 5.74) is 2.85. The van der Waals surface area contributed by atoms with Crippen LogP contribution in [0.1, 0.15) is 21.5 Å². The average Bonchev–Trinajstić information content (AvgIpc) is 2.95. The summed E-state index contributed by atoms with van der Waals surface area (Å²) in [4.78, 5) is 20.0. The third-order valence-corrected chi connectivity index (χ3v) is 3.22. The van der Waals surface area contributed by atoms with Gasteiger partial charge in [0.15, 0.2) is 0 Å². The van der Waals surface area contributed by atoms with Gasteiger partial charge < -0.3 is 10.1 Å². The normalized spacial score (nSPS) is 12.5. The highest BCUT2D eigenvalue weighted by Gasteiger charge is 2.14. The molecule has 2 aromatic rings. The zero-order chi connectivity index (χ0) is 14.5. The highest BCUT2D eigenvalue weighted by atomic mass is 16.5. The lowest BCUT2D eigenvalue weighted by molar-refractivity contribution is 0.0512. The monoisotopic (exact) mass is 281 g/mol. The molecule has 0 fully saturated rings. The van der Waals surface area contributed by atoms with Crippen LogP contribution in [0.25, 0.3) is 0 Å². The van der Waals surface area contributed by atoms with Crippen LogP contribution < -0.4 is 5.32 Å². The average molecular weight is 281 g/mol. The number of nitrogens with zero attached hydrogens (tertiary/aromatic N) is 2. The van der Waals surface area contributed by atoms with Crippen molar-refractivity contribution in [3.63, 3.8) is 0 Å². The van der Waals surface area contributed by atoms with E-state index >= 15 is 0 Å². The standard InChI is InChI=1S/C16H15N3O2/c20-16(12-5-7-17-8-6-12)21-10-9-18-15-14-4-2-1-3-13(14)11-19-15/h1-8H,9-11H2,(H,18,19).